The number of nitrogens with zero attached hydrogens (tertiary/aromatic N) is 1. The summed E-state index contributed by atoms with van der Waals surface area (Å²) in [5.74, 6) is 1.76. The minimum Gasteiger partial charge on any atom is -0.496 e. The fourth-order valence-electron chi connectivity index (χ4n) is 3.43. The third kappa shape index (κ3) is 3.80. The molecule has 0 aliphatic carbocycles. The second kappa shape index (κ2) is 8.14. The number of benzene rings is 2. The van der Waals surface area contributed by atoms with Crippen LogP contribution in [0.2, 0.25) is 0 Å². The highest BCUT2D eigenvalue weighted by Crippen LogP contribution is 2.40. The van der Waals surface area contributed by atoms with Gasteiger partial charge in [-0.3, -0.25) is 14.5 Å². The molecule has 2 amide bonds. The van der Waals surface area contributed by atoms with Gasteiger partial charge < -0.3 is 14.2 Å². The van der Waals surface area contributed by atoms with Crippen LogP contribution in [-0.4, -0.2) is 41.7 Å². The number of hydrogen-bond donors (Lipinski definition) is 0. The highest BCUT2D eigenvalue weighted by molar-refractivity contribution is 8.15. The number of imide groups is 1. The van der Waals surface area contributed by atoms with Crippen molar-refractivity contribution in [3.8, 4) is 17.2 Å². The Morgan fingerprint density at radius 3 is 2.64 bits per heavy atom. The Morgan fingerprint density at radius 1 is 1.14 bits per heavy atom. The average molecular weight is 399 g/mol. The Hall–Kier alpha value is -2.67. The summed E-state index contributed by atoms with van der Waals surface area (Å²) in [7, 11) is 1.58. The molecule has 2 aromatic carbocycles. The number of fused-ring (bicyclic) bond motifs is 1. The van der Waals surface area contributed by atoms with E-state index in [0.717, 1.165) is 30.2 Å². The number of ether oxygens (including phenoxy) is 3. The lowest BCUT2D eigenvalue weighted by Crippen LogP contribution is -2.33. The van der Waals surface area contributed by atoms with Gasteiger partial charge in [-0.1, -0.05) is 42.1 Å². The first-order chi connectivity index (χ1) is 13.7. The SMILES string of the molecule is COc1cc2c(cc1C[C@@H]1SC(=O)N(CCCc3ccccc3)C1=O)OCO2. The molecule has 0 N–H and O–H groups in total. The third-order valence-corrected chi connectivity index (χ3v) is 5.95. The van der Waals surface area contributed by atoms with E-state index < -0.39 is 5.25 Å². The molecule has 0 radical (unpaired) electrons. The van der Waals surface area contributed by atoms with E-state index in [1.165, 1.54) is 10.5 Å². The fraction of sp³-hybridized carbons (Fsp3) is 0.333. The van der Waals surface area contributed by atoms with Crippen LogP contribution in [0.3, 0.4) is 0 Å². The van der Waals surface area contributed by atoms with Gasteiger partial charge in [0.15, 0.2) is 11.5 Å². The Bertz CT molecular complexity index is 886. The molecule has 1 fully saturated rings. The van der Waals surface area contributed by atoms with Crippen LogP contribution in [-0.2, 0) is 17.6 Å². The third-order valence-electron chi connectivity index (χ3n) is 4.88. The predicted octanol–water partition coefficient (Wildman–Crippen LogP) is 3.66. The molecule has 2 heterocycles. The van der Waals surface area contributed by atoms with Crippen LogP contribution in [0, 0.1) is 0 Å². The van der Waals surface area contributed by atoms with Crippen molar-refractivity contribution in [2.45, 2.75) is 24.5 Å². The first-order valence-corrected chi connectivity index (χ1v) is 10.1. The van der Waals surface area contributed by atoms with E-state index >= 15 is 0 Å². The zero-order valence-electron chi connectivity index (χ0n) is 15.6. The van der Waals surface area contributed by atoms with E-state index in [0.29, 0.717) is 30.2 Å². The zero-order valence-corrected chi connectivity index (χ0v) is 16.4. The minimum atomic E-state index is -0.446. The number of rotatable bonds is 7. The zero-order chi connectivity index (χ0) is 19.5. The van der Waals surface area contributed by atoms with Gasteiger partial charge in [-0.25, -0.2) is 0 Å². The summed E-state index contributed by atoms with van der Waals surface area (Å²) in [4.78, 5) is 26.5. The van der Waals surface area contributed by atoms with Gasteiger partial charge >= 0.3 is 0 Å². The lowest BCUT2D eigenvalue weighted by molar-refractivity contribution is -0.126. The van der Waals surface area contributed by atoms with E-state index in [1.807, 2.05) is 24.3 Å². The molecular weight excluding hydrogens is 378 g/mol. The number of methoxy groups -OCH3 is 1. The predicted molar refractivity (Wildman–Crippen MR) is 106 cm³/mol. The van der Waals surface area contributed by atoms with Crippen molar-refractivity contribution in [2.24, 2.45) is 0 Å². The molecule has 1 atom stereocenters. The van der Waals surface area contributed by atoms with Crippen LogP contribution in [0.4, 0.5) is 4.79 Å². The standard InChI is InChI=1S/C21H21NO5S/c1-25-16-12-18-17(26-13-27-18)10-15(16)11-19-20(23)22(21(24)28-19)9-5-8-14-6-3-2-4-7-14/h2-4,6-7,10,12,19H,5,8-9,11,13H2,1H3/t19-/m0/s1. The molecule has 2 aliphatic rings. The highest BCUT2D eigenvalue weighted by Gasteiger charge is 2.39. The molecular formula is C21H21NO5S. The Balaban J connectivity index is 1.40. The topological polar surface area (TPSA) is 65.1 Å². The van der Waals surface area contributed by atoms with Crippen LogP contribution >= 0.6 is 11.8 Å². The van der Waals surface area contributed by atoms with Gasteiger partial charge in [0.1, 0.15) is 5.75 Å². The Labute approximate surface area is 167 Å². The van der Waals surface area contributed by atoms with Gasteiger partial charge in [0.05, 0.1) is 12.4 Å². The maximum Gasteiger partial charge on any atom is 0.289 e. The van der Waals surface area contributed by atoms with Gasteiger partial charge in [0, 0.05) is 12.6 Å². The summed E-state index contributed by atoms with van der Waals surface area (Å²) >= 11 is 1.09. The van der Waals surface area contributed by atoms with Crippen molar-refractivity contribution in [1.29, 1.82) is 0 Å². The van der Waals surface area contributed by atoms with E-state index in [2.05, 4.69) is 12.1 Å². The molecule has 2 aromatic rings. The molecule has 6 nitrogen and oxygen atoms in total. The van der Waals surface area contributed by atoms with Crippen LogP contribution < -0.4 is 14.2 Å². The van der Waals surface area contributed by atoms with E-state index in [4.69, 9.17) is 14.2 Å². The van der Waals surface area contributed by atoms with Gasteiger partial charge in [-0.05, 0) is 36.5 Å². The molecule has 1 saturated heterocycles. The normalized spacial score (nSPS) is 18.0. The minimum absolute atomic E-state index is 0.136. The second-order valence-electron chi connectivity index (χ2n) is 6.67. The van der Waals surface area contributed by atoms with Gasteiger partial charge in [0.2, 0.25) is 12.7 Å². The molecule has 2 aliphatic heterocycles. The largest absolute Gasteiger partial charge is 0.496 e. The molecule has 0 spiro atoms. The Kier molecular flexibility index (Phi) is 5.43. The molecule has 0 unspecified atom stereocenters. The summed E-state index contributed by atoms with van der Waals surface area (Å²) in [6.45, 7) is 0.612. The van der Waals surface area contributed by atoms with Crippen molar-refractivity contribution in [3.05, 3.63) is 53.6 Å². The van der Waals surface area contributed by atoms with E-state index in [1.54, 1.807) is 13.2 Å². The molecule has 28 heavy (non-hydrogen) atoms. The number of amides is 2. The van der Waals surface area contributed by atoms with E-state index in [-0.39, 0.29) is 17.9 Å². The molecule has 4 rings (SSSR count). The second-order valence-corrected chi connectivity index (χ2v) is 7.83. The van der Waals surface area contributed by atoms with Crippen LogP contribution in [0.25, 0.3) is 0 Å². The first kappa shape index (κ1) is 18.7. The number of carbonyl (C=O) groups is 2. The number of carbonyl (C=O) groups excluding carboxylic acids is 2. The fourth-order valence-corrected chi connectivity index (χ4v) is 4.47. The summed E-state index contributed by atoms with van der Waals surface area (Å²) in [6.07, 6.45) is 2.00. The summed E-state index contributed by atoms with van der Waals surface area (Å²) in [6, 6.07) is 13.7. The molecule has 0 bridgehead atoms. The van der Waals surface area contributed by atoms with E-state index in [9.17, 15) is 9.59 Å². The summed E-state index contributed by atoms with van der Waals surface area (Å²) in [5, 5.41) is -0.624. The van der Waals surface area contributed by atoms with Crippen LogP contribution in [0.15, 0.2) is 42.5 Å². The van der Waals surface area contributed by atoms with Crippen molar-refractivity contribution in [2.75, 3.05) is 20.4 Å². The van der Waals surface area contributed by atoms with Crippen molar-refractivity contribution >= 4 is 22.9 Å². The molecule has 0 aromatic heterocycles. The lowest BCUT2D eigenvalue weighted by Gasteiger charge is -2.15. The monoisotopic (exact) mass is 399 g/mol. The quantitative estimate of drug-likeness (QED) is 0.708. The summed E-state index contributed by atoms with van der Waals surface area (Å²) < 4.78 is 16.2. The maximum absolute atomic E-state index is 12.8. The van der Waals surface area contributed by atoms with Gasteiger partial charge in [0.25, 0.3) is 5.24 Å². The van der Waals surface area contributed by atoms with Gasteiger partial charge in [-0.15, -0.1) is 0 Å². The number of hydrogen-bond acceptors (Lipinski definition) is 6. The molecule has 0 saturated carbocycles. The molecule has 146 valence electrons. The average Bonchev–Trinajstić information content (AvgIpc) is 3.27. The Morgan fingerprint density at radius 2 is 1.89 bits per heavy atom. The van der Waals surface area contributed by atoms with Crippen LogP contribution in [0.5, 0.6) is 17.2 Å². The maximum atomic E-state index is 12.8. The van der Waals surface area contributed by atoms with Crippen molar-refractivity contribution < 1.29 is 23.8 Å². The number of aryl methyl sites for hydroxylation is 1. The first-order valence-electron chi connectivity index (χ1n) is 9.18. The number of thioether (sulfide) groups is 1. The smallest absolute Gasteiger partial charge is 0.289 e. The van der Waals surface area contributed by atoms with Crippen molar-refractivity contribution in [3.63, 3.8) is 0 Å². The lowest BCUT2D eigenvalue weighted by atomic mass is 10.1. The van der Waals surface area contributed by atoms with Crippen LogP contribution in [0.1, 0.15) is 17.5 Å². The van der Waals surface area contributed by atoms with Gasteiger partial charge in [-0.2, -0.15) is 0 Å². The summed E-state index contributed by atoms with van der Waals surface area (Å²) in [5.41, 5.74) is 2.03. The molecule has 7 heteroatoms. The van der Waals surface area contributed by atoms with Crippen molar-refractivity contribution in [1.82, 2.24) is 4.90 Å². The highest BCUT2D eigenvalue weighted by atomic mass is 32.2.